The lowest BCUT2D eigenvalue weighted by Crippen LogP contribution is -2.30. The van der Waals surface area contributed by atoms with E-state index in [-0.39, 0.29) is 10.5 Å². The van der Waals surface area contributed by atoms with Crippen molar-refractivity contribution in [3.05, 3.63) is 34.4 Å². The summed E-state index contributed by atoms with van der Waals surface area (Å²) in [6.45, 7) is 1.11. The molecule has 3 rings (SSSR count). The van der Waals surface area contributed by atoms with Crippen LogP contribution in [0.5, 0.6) is 0 Å². The first kappa shape index (κ1) is 13.6. The van der Waals surface area contributed by atoms with E-state index in [1.165, 1.54) is 6.07 Å². The molecule has 8 heteroatoms. The minimum Gasteiger partial charge on any atom is -0.377 e. The lowest BCUT2D eigenvalue weighted by molar-refractivity contribution is -0.138. The number of benzene rings is 1. The summed E-state index contributed by atoms with van der Waals surface area (Å²) in [7, 11) is 0. The fourth-order valence-electron chi connectivity index (χ4n) is 1.87. The highest BCUT2D eigenvalue weighted by atomic mass is 79.9. The quantitative estimate of drug-likeness (QED) is 0.836. The zero-order chi connectivity index (χ0) is 14.3. The van der Waals surface area contributed by atoms with Gasteiger partial charge in [0.15, 0.2) is 0 Å². The number of alkyl halides is 3. The van der Waals surface area contributed by atoms with Crippen molar-refractivity contribution in [3.63, 3.8) is 0 Å². The van der Waals surface area contributed by atoms with Gasteiger partial charge in [-0.25, -0.2) is 4.68 Å². The number of nitrogens with zero attached hydrogens (tertiary/aromatic N) is 3. The molecule has 0 aliphatic carbocycles. The molecule has 2 heterocycles. The van der Waals surface area contributed by atoms with Crippen LogP contribution in [0.1, 0.15) is 11.6 Å². The fourth-order valence-corrected chi connectivity index (χ4v) is 2.34. The number of ether oxygens (including phenoxy) is 1. The average Bonchev–Trinajstić information content (AvgIpc) is 2.75. The van der Waals surface area contributed by atoms with E-state index in [4.69, 9.17) is 4.74 Å². The lowest BCUT2D eigenvalue weighted by atomic mass is 10.1. The van der Waals surface area contributed by atoms with Crippen LogP contribution in [0.2, 0.25) is 0 Å². The van der Waals surface area contributed by atoms with E-state index in [0.717, 1.165) is 6.07 Å². The summed E-state index contributed by atoms with van der Waals surface area (Å²) < 4.78 is 45.2. The normalized spacial score (nSPS) is 16.2. The molecule has 1 aliphatic heterocycles. The largest absolute Gasteiger partial charge is 0.417 e. The molecule has 20 heavy (non-hydrogen) atoms. The van der Waals surface area contributed by atoms with Gasteiger partial charge in [-0.15, -0.1) is 5.10 Å². The van der Waals surface area contributed by atoms with Gasteiger partial charge in [0, 0.05) is 10.0 Å². The van der Waals surface area contributed by atoms with Gasteiger partial charge in [0.05, 0.1) is 25.0 Å². The maximum Gasteiger partial charge on any atom is 0.417 e. The van der Waals surface area contributed by atoms with Crippen molar-refractivity contribution in [2.75, 3.05) is 13.2 Å². The van der Waals surface area contributed by atoms with Crippen LogP contribution in [-0.2, 0) is 10.9 Å². The Labute approximate surface area is 120 Å². The minimum absolute atomic E-state index is 0.00790. The minimum atomic E-state index is -4.41. The lowest BCUT2D eigenvalue weighted by Gasteiger charge is -2.25. The molecule has 2 aromatic rings. The second-order valence-corrected chi connectivity index (χ2v) is 5.32. The van der Waals surface area contributed by atoms with Crippen LogP contribution >= 0.6 is 15.9 Å². The number of rotatable bonds is 2. The van der Waals surface area contributed by atoms with Crippen molar-refractivity contribution in [1.82, 2.24) is 15.0 Å². The summed E-state index contributed by atoms with van der Waals surface area (Å²) in [5.41, 5.74) is 0.0680. The van der Waals surface area contributed by atoms with Crippen LogP contribution < -0.4 is 0 Å². The molecule has 0 unspecified atom stereocenters. The Morgan fingerprint density at radius 1 is 1.30 bits per heavy atom. The monoisotopic (exact) mass is 347 g/mol. The van der Waals surface area contributed by atoms with Crippen LogP contribution in [0.4, 0.5) is 13.2 Å². The van der Waals surface area contributed by atoms with Gasteiger partial charge in [-0.2, -0.15) is 13.2 Å². The summed E-state index contributed by atoms with van der Waals surface area (Å²) in [5, 5.41) is 7.84. The highest BCUT2D eigenvalue weighted by Crippen LogP contribution is 2.37. The van der Waals surface area contributed by atoms with Gasteiger partial charge in [0.1, 0.15) is 11.7 Å². The first-order chi connectivity index (χ1) is 9.45. The van der Waals surface area contributed by atoms with Gasteiger partial charge in [-0.1, -0.05) is 27.2 Å². The summed E-state index contributed by atoms with van der Waals surface area (Å²) in [4.78, 5) is 0. The molecule has 1 aromatic carbocycles. The maximum absolute atomic E-state index is 12.9. The Balaban J connectivity index is 1.95. The van der Waals surface area contributed by atoms with E-state index in [9.17, 15) is 13.2 Å². The SMILES string of the molecule is FC(F)(F)c1cc(-c2cn(C3COC3)nn2)ccc1Br. The molecular weight excluding hydrogens is 339 g/mol. The van der Waals surface area contributed by atoms with Crippen LogP contribution in [0.3, 0.4) is 0 Å². The van der Waals surface area contributed by atoms with Crippen molar-refractivity contribution in [2.45, 2.75) is 12.2 Å². The Morgan fingerprint density at radius 2 is 2.05 bits per heavy atom. The average molecular weight is 348 g/mol. The first-order valence-corrected chi connectivity index (χ1v) is 6.61. The Bertz CT molecular complexity index is 637. The second kappa shape index (κ2) is 4.85. The van der Waals surface area contributed by atoms with Crippen molar-refractivity contribution < 1.29 is 17.9 Å². The smallest absolute Gasteiger partial charge is 0.377 e. The molecular formula is C12H9BrF3N3O. The van der Waals surface area contributed by atoms with Gasteiger partial charge in [0.2, 0.25) is 0 Å². The summed E-state index contributed by atoms with van der Waals surface area (Å²) >= 11 is 2.91. The van der Waals surface area contributed by atoms with Crippen LogP contribution in [0, 0.1) is 0 Å². The molecule has 0 bridgehead atoms. The molecule has 0 N–H and O–H groups in total. The van der Waals surface area contributed by atoms with Gasteiger partial charge < -0.3 is 4.74 Å². The third-order valence-corrected chi connectivity index (χ3v) is 3.76. The van der Waals surface area contributed by atoms with Gasteiger partial charge in [-0.05, 0) is 12.1 Å². The van der Waals surface area contributed by atoms with Gasteiger partial charge >= 0.3 is 6.18 Å². The molecule has 1 aliphatic rings. The Morgan fingerprint density at radius 3 is 2.65 bits per heavy atom. The Kier molecular flexibility index (Phi) is 3.29. The standard InChI is InChI=1S/C12H9BrF3N3O/c13-10-2-1-7(3-9(10)12(14,15)16)11-4-19(18-17-11)8-5-20-6-8/h1-4,8H,5-6H2. The molecule has 1 aromatic heterocycles. The van der Waals surface area contributed by atoms with E-state index in [0.29, 0.717) is 24.5 Å². The van der Waals surface area contributed by atoms with Crippen LogP contribution in [0.25, 0.3) is 11.3 Å². The third kappa shape index (κ3) is 2.45. The number of hydrogen-bond donors (Lipinski definition) is 0. The zero-order valence-electron chi connectivity index (χ0n) is 10.1. The van der Waals surface area contributed by atoms with Crippen molar-refractivity contribution in [2.24, 2.45) is 0 Å². The summed E-state index contributed by atoms with van der Waals surface area (Å²) in [6, 6.07) is 4.12. The van der Waals surface area contributed by atoms with Gasteiger partial charge in [0.25, 0.3) is 0 Å². The number of halogens is 4. The topological polar surface area (TPSA) is 39.9 Å². The highest BCUT2D eigenvalue weighted by Gasteiger charge is 2.33. The van der Waals surface area contributed by atoms with Crippen LogP contribution in [0.15, 0.2) is 28.9 Å². The van der Waals surface area contributed by atoms with E-state index >= 15 is 0 Å². The van der Waals surface area contributed by atoms with Crippen molar-refractivity contribution >= 4 is 15.9 Å². The Hall–Kier alpha value is -1.41. The van der Waals surface area contributed by atoms with Crippen molar-refractivity contribution in [1.29, 1.82) is 0 Å². The molecule has 0 radical (unpaired) electrons. The van der Waals surface area contributed by atoms with E-state index in [1.54, 1.807) is 16.9 Å². The molecule has 1 saturated heterocycles. The van der Waals surface area contributed by atoms with Gasteiger partial charge in [-0.3, -0.25) is 0 Å². The fraction of sp³-hybridized carbons (Fsp3) is 0.333. The molecule has 0 spiro atoms. The van der Waals surface area contributed by atoms with E-state index in [2.05, 4.69) is 26.2 Å². The number of hydrogen-bond acceptors (Lipinski definition) is 3. The maximum atomic E-state index is 12.9. The summed E-state index contributed by atoms with van der Waals surface area (Å²) in [6.07, 6.45) is -2.77. The van der Waals surface area contributed by atoms with Crippen molar-refractivity contribution in [3.8, 4) is 11.3 Å². The first-order valence-electron chi connectivity index (χ1n) is 5.82. The number of aromatic nitrogens is 3. The summed E-state index contributed by atoms with van der Waals surface area (Å²) in [5.74, 6) is 0. The highest BCUT2D eigenvalue weighted by molar-refractivity contribution is 9.10. The zero-order valence-corrected chi connectivity index (χ0v) is 11.6. The van der Waals surface area contributed by atoms with E-state index in [1.807, 2.05) is 0 Å². The van der Waals surface area contributed by atoms with Crippen LogP contribution in [-0.4, -0.2) is 28.2 Å². The second-order valence-electron chi connectivity index (χ2n) is 4.47. The predicted octanol–water partition coefficient (Wildman–Crippen LogP) is 3.30. The predicted molar refractivity (Wildman–Crippen MR) is 68.0 cm³/mol. The molecule has 1 fully saturated rings. The molecule has 0 saturated carbocycles. The third-order valence-electron chi connectivity index (χ3n) is 3.07. The molecule has 106 valence electrons. The molecule has 4 nitrogen and oxygen atoms in total. The van der Waals surface area contributed by atoms with E-state index < -0.39 is 11.7 Å². The molecule has 0 amide bonds. The molecule has 0 atom stereocenters.